The van der Waals surface area contributed by atoms with Crippen molar-refractivity contribution in [1.29, 1.82) is 0 Å². The Morgan fingerprint density at radius 2 is 1.47 bits per heavy atom. The molecule has 2 fully saturated rings. The molecule has 30 heavy (non-hydrogen) atoms. The molecule has 0 aromatic heterocycles. The van der Waals surface area contributed by atoms with E-state index in [0.717, 1.165) is 47.3 Å². The van der Waals surface area contributed by atoms with E-state index in [0.29, 0.717) is 16.7 Å². The lowest BCUT2D eigenvalue weighted by molar-refractivity contribution is -0.0191. The molecule has 0 heteroatoms. The van der Waals surface area contributed by atoms with Crippen molar-refractivity contribution in [3.8, 4) is 0 Å². The summed E-state index contributed by atoms with van der Waals surface area (Å²) >= 11 is 0. The summed E-state index contributed by atoms with van der Waals surface area (Å²) < 4.78 is 0. The fraction of sp³-hybridized carbons (Fsp3) is 0.933. The van der Waals surface area contributed by atoms with Crippen molar-refractivity contribution in [3.05, 3.63) is 12.7 Å². The van der Waals surface area contributed by atoms with Crippen LogP contribution in [0.2, 0.25) is 0 Å². The average molecular weight is 417 g/mol. The highest BCUT2D eigenvalue weighted by molar-refractivity contribution is 5.05. The highest BCUT2D eigenvalue weighted by atomic mass is 14.6. The molecule has 0 heterocycles. The minimum Gasteiger partial charge on any atom is -0.103 e. The van der Waals surface area contributed by atoms with Crippen LogP contribution in [0.25, 0.3) is 0 Å². The van der Waals surface area contributed by atoms with Crippen LogP contribution in [-0.2, 0) is 0 Å². The van der Waals surface area contributed by atoms with Crippen LogP contribution in [0, 0.1) is 64.1 Å². The number of hydrogen-bond donors (Lipinski definition) is 0. The third-order valence-corrected chi connectivity index (χ3v) is 11.0. The summed E-state index contributed by atoms with van der Waals surface area (Å²) in [6, 6.07) is 0. The lowest BCUT2D eigenvalue weighted by atomic mass is 9.52. The van der Waals surface area contributed by atoms with Gasteiger partial charge >= 0.3 is 0 Å². The third kappa shape index (κ3) is 5.04. The van der Waals surface area contributed by atoms with Gasteiger partial charge in [-0.05, 0) is 103 Å². The van der Waals surface area contributed by atoms with Gasteiger partial charge in [-0.2, -0.15) is 0 Å². The Labute approximate surface area is 191 Å². The first-order valence-corrected chi connectivity index (χ1v) is 13.5. The van der Waals surface area contributed by atoms with E-state index in [1.807, 2.05) is 0 Å². The molecule has 0 nitrogen and oxygen atoms in total. The van der Waals surface area contributed by atoms with Gasteiger partial charge in [-0.3, -0.25) is 0 Å². The number of allylic oxidation sites excluding steroid dienone is 1. The summed E-state index contributed by atoms with van der Waals surface area (Å²) in [5, 5.41) is 0. The fourth-order valence-electron chi connectivity index (χ4n) is 8.19. The largest absolute Gasteiger partial charge is 0.103 e. The Bertz CT molecular complexity index is 542. The molecule has 0 spiro atoms. The highest BCUT2D eigenvalue weighted by Crippen LogP contribution is 2.60. The van der Waals surface area contributed by atoms with Crippen molar-refractivity contribution in [3.63, 3.8) is 0 Å². The van der Waals surface area contributed by atoms with Crippen molar-refractivity contribution in [2.45, 2.75) is 114 Å². The minimum absolute atomic E-state index is 0.436. The van der Waals surface area contributed by atoms with Gasteiger partial charge in [0.25, 0.3) is 0 Å². The van der Waals surface area contributed by atoms with Crippen LogP contribution in [-0.4, -0.2) is 0 Å². The van der Waals surface area contributed by atoms with E-state index >= 15 is 0 Å². The first-order valence-electron chi connectivity index (χ1n) is 13.5. The molecule has 9 unspecified atom stereocenters. The zero-order chi connectivity index (χ0) is 22.9. The second kappa shape index (κ2) is 10.1. The minimum atomic E-state index is 0.436. The zero-order valence-electron chi connectivity index (χ0n) is 22.4. The SMILES string of the molecule is C=CC1CCC2CCC(C(C)C(C)C(C)C(C)C(C)C)C(C)(C)CC2C1(C)CCC. The normalized spacial score (nSPS) is 38.2. The predicted octanol–water partition coefficient (Wildman–Crippen LogP) is 9.65. The van der Waals surface area contributed by atoms with Crippen LogP contribution in [0.15, 0.2) is 12.7 Å². The summed E-state index contributed by atoms with van der Waals surface area (Å²) in [4.78, 5) is 0. The van der Waals surface area contributed by atoms with Gasteiger partial charge in [-0.25, -0.2) is 0 Å². The summed E-state index contributed by atoms with van der Waals surface area (Å²) in [6.45, 7) is 29.6. The van der Waals surface area contributed by atoms with Gasteiger partial charge in [0.15, 0.2) is 0 Å². The van der Waals surface area contributed by atoms with E-state index in [-0.39, 0.29) is 0 Å². The molecule has 176 valence electrons. The maximum Gasteiger partial charge on any atom is -0.0179 e. The first-order chi connectivity index (χ1) is 13.9. The van der Waals surface area contributed by atoms with Gasteiger partial charge < -0.3 is 0 Å². The average Bonchev–Trinajstić information content (AvgIpc) is 2.82. The number of fused-ring (bicyclic) bond motifs is 1. The Hall–Kier alpha value is -0.260. The van der Waals surface area contributed by atoms with Crippen LogP contribution in [0.4, 0.5) is 0 Å². The van der Waals surface area contributed by atoms with Gasteiger partial charge in [-0.15, -0.1) is 6.58 Å². The van der Waals surface area contributed by atoms with Gasteiger partial charge in [0.2, 0.25) is 0 Å². The number of rotatable bonds is 8. The second-order valence-corrected chi connectivity index (χ2v) is 13.1. The Morgan fingerprint density at radius 3 is 2.00 bits per heavy atom. The standard InChI is InChI=1S/C30H56/c1-12-18-30(11)26(13-2)16-14-25-15-17-27(29(9,10)19-28(25)30)24(8)23(7)22(6)21(5)20(3)4/h13,20-28H,2,12,14-19H2,1,3-11H3. The van der Waals surface area contributed by atoms with E-state index in [9.17, 15) is 0 Å². The molecule has 0 saturated heterocycles. The molecule has 2 aliphatic carbocycles. The van der Waals surface area contributed by atoms with Gasteiger partial charge in [0.1, 0.15) is 0 Å². The lowest BCUT2D eigenvalue weighted by Gasteiger charge is -2.52. The predicted molar refractivity (Wildman–Crippen MR) is 136 cm³/mol. The van der Waals surface area contributed by atoms with Crippen LogP contribution < -0.4 is 0 Å². The zero-order valence-corrected chi connectivity index (χ0v) is 22.4. The van der Waals surface area contributed by atoms with Crippen LogP contribution in [0.1, 0.15) is 114 Å². The lowest BCUT2D eigenvalue weighted by Crippen LogP contribution is -2.44. The van der Waals surface area contributed by atoms with Crippen LogP contribution >= 0.6 is 0 Å². The smallest absolute Gasteiger partial charge is 0.0179 e. The molecule has 0 N–H and O–H groups in total. The summed E-state index contributed by atoms with van der Waals surface area (Å²) in [6.07, 6.45) is 12.2. The molecule has 2 aliphatic rings. The number of hydrogen-bond acceptors (Lipinski definition) is 0. The van der Waals surface area contributed by atoms with E-state index in [1.165, 1.54) is 44.9 Å². The van der Waals surface area contributed by atoms with Crippen molar-refractivity contribution < 1.29 is 0 Å². The van der Waals surface area contributed by atoms with E-state index in [1.54, 1.807) is 0 Å². The molecule has 0 amide bonds. The molecule has 0 bridgehead atoms. The molecule has 0 aliphatic heterocycles. The quantitative estimate of drug-likeness (QED) is 0.345. The third-order valence-electron chi connectivity index (χ3n) is 11.0. The first kappa shape index (κ1) is 26.0. The Balaban J connectivity index is 2.28. The van der Waals surface area contributed by atoms with E-state index < -0.39 is 0 Å². The van der Waals surface area contributed by atoms with Crippen molar-refractivity contribution in [2.24, 2.45) is 64.1 Å². The van der Waals surface area contributed by atoms with Crippen molar-refractivity contribution in [2.75, 3.05) is 0 Å². The van der Waals surface area contributed by atoms with Crippen molar-refractivity contribution >= 4 is 0 Å². The maximum atomic E-state index is 4.28. The van der Waals surface area contributed by atoms with Gasteiger partial charge in [0, 0.05) is 0 Å². The molecule has 0 aromatic carbocycles. The second-order valence-electron chi connectivity index (χ2n) is 13.1. The molecule has 0 aromatic rings. The summed E-state index contributed by atoms with van der Waals surface area (Å²) in [5.41, 5.74) is 0.895. The van der Waals surface area contributed by atoms with Crippen LogP contribution in [0.5, 0.6) is 0 Å². The molecule has 0 radical (unpaired) electrons. The van der Waals surface area contributed by atoms with Crippen LogP contribution in [0.3, 0.4) is 0 Å². The molecule has 9 atom stereocenters. The topological polar surface area (TPSA) is 0 Å². The van der Waals surface area contributed by atoms with Crippen molar-refractivity contribution in [1.82, 2.24) is 0 Å². The monoisotopic (exact) mass is 416 g/mol. The maximum absolute atomic E-state index is 4.28. The molecular weight excluding hydrogens is 360 g/mol. The summed E-state index contributed by atoms with van der Waals surface area (Å²) in [7, 11) is 0. The van der Waals surface area contributed by atoms with E-state index in [4.69, 9.17) is 0 Å². The summed E-state index contributed by atoms with van der Waals surface area (Å²) in [5.74, 6) is 7.39. The fourth-order valence-corrected chi connectivity index (χ4v) is 8.19. The molecule has 2 rings (SSSR count). The molecule has 2 saturated carbocycles. The highest BCUT2D eigenvalue weighted by Gasteiger charge is 2.51. The Kier molecular flexibility index (Phi) is 8.77. The van der Waals surface area contributed by atoms with Gasteiger partial charge in [-0.1, -0.05) is 81.7 Å². The molecular formula is C30H56. The van der Waals surface area contributed by atoms with E-state index in [2.05, 4.69) is 81.9 Å². The van der Waals surface area contributed by atoms with Gasteiger partial charge in [0.05, 0.1) is 0 Å². The Morgan fingerprint density at radius 1 is 0.867 bits per heavy atom.